The van der Waals surface area contributed by atoms with Crippen molar-refractivity contribution in [2.24, 2.45) is 0 Å². The molecule has 0 amide bonds. The number of ether oxygens (including phenoxy) is 1. The molecule has 1 aromatic rings. The molecule has 1 N–H and O–H groups in total. The van der Waals surface area contributed by atoms with Gasteiger partial charge in [0.2, 0.25) is 0 Å². The van der Waals surface area contributed by atoms with E-state index in [-0.39, 0.29) is 17.0 Å². The maximum atomic E-state index is 12.0. The van der Waals surface area contributed by atoms with E-state index in [2.05, 4.69) is 10.1 Å². The van der Waals surface area contributed by atoms with Crippen molar-refractivity contribution in [3.05, 3.63) is 29.8 Å². The standard InChI is InChI=1S/C14H21F2NO2S/c1-10(20(3)18)8-9-17-11(2)12-4-6-13(7-5-12)19-14(15)16/h4-7,10-11,14,17H,8-9H2,1-3H3. The van der Waals surface area contributed by atoms with Crippen LogP contribution in [-0.2, 0) is 10.8 Å². The summed E-state index contributed by atoms with van der Waals surface area (Å²) in [6.45, 7) is 1.92. The zero-order valence-electron chi connectivity index (χ0n) is 11.9. The van der Waals surface area contributed by atoms with Gasteiger partial charge in [0.15, 0.2) is 0 Å². The van der Waals surface area contributed by atoms with E-state index in [0.717, 1.165) is 18.5 Å². The van der Waals surface area contributed by atoms with Crippen molar-refractivity contribution in [2.45, 2.75) is 38.2 Å². The molecule has 6 heteroatoms. The normalized spacial score (nSPS) is 15.9. The molecule has 0 aliphatic carbocycles. The van der Waals surface area contributed by atoms with Crippen LogP contribution in [0.5, 0.6) is 5.75 Å². The zero-order valence-corrected chi connectivity index (χ0v) is 12.8. The molecule has 0 bridgehead atoms. The molecule has 0 heterocycles. The van der Waals surface area contributed by atoms with Crippen LogP contribution in [0.3, 0.4) is 0 Å². The van der Waals surface area contributed by atoms with Gasteiger partial charge >= 0.3 is 6.61 Å². The van der Waals surface area contributed by atoms with E-state index >= 15 is 0 Å². The fourth-order valence-corrected chi connectivity index (χ4v) is 2.17. The fourth-order valence-electron chi connectivity index (χ4n) is 1.72. The number of rotatable bonds is 8. The molecule has 3 nitrogen and oxygen atoms in total. The largest absolute Gasteiger partial charge is 0.435 e. The summed E-state index contributed by atoms with van der Waals surface area (Å²) in [4.78, 5) is 0. The molecule has 3 unspecified atom stereocenters. The Balaban J connectivity index is 2.43. The third kappa shape index (κ3) is 5.96. The van der Waals surface area contributed by atoms with Crippen LogP contribution in [0.25, 0.3) is 0 Å². The van der Waals surface area contributed by atoms with Gasteiger partial charge in [0, 0.05) is 28.3 Å². The number of nitrogens with one attached hydrogen (secondary N) is 1. The van der Waals surface area contributed by atoms with Crippen LogP contribution < -0.4 is 10.1 Å². The highest BCUT2D eigenvalue weighted by atomic mass is 32.2. The van der Waals surface area contributed by atoms with E-state index in [4.69, 9.17) is 0 Å². The van der Waals surface area contributed by atoms with Crippen LogP contribution in [0.1, 0.15) is 31.9 Å². The minimum Gasteiger partial charge on any atom is -0.435 e. The first-order chi connectivity index (χ1) is 9.40. The molecule has 20 heavy (non-hydrogen) atoms. The lowest BCUT2D eigenvalue weighted by Gasteiger charge is -2.16. The van der Waals surface area contributed by atoms with E-state index in [1.54, 1.807) is 18.4 Å². The maximum Gasteiger partial charge on any atom is 0.387 e. The van der Waals surface area contributed by atoms with Gasteiger partial charge in [0.05, 0.1) is 0 Å². The Morgan fingerprint density at radius 3 is 2.35 bits per heavy atom. The Bertz CT molecular complexity index is 426. The Morgan fingerprint density at radius 2 is 1.85 bits per heavy atom. The lowest BCUT2D eigenvalue weighted by molar-refractivity contribution is -0.0498. The average molecular weight is 305 g/mol. The summed E-state index contributed by atoms with van der Waals surface area (Å²) in [5.41, 5.74) is 0.997. The highest BCUT2D eigenvalue weighted by Gasteiger charge is 2.09. The maximum absolute atomic E-state index is 12.0. The Hall–Kier alpha value is -1.01. The van der Waals surface area contributed by atoms with E-state index < -0.39 is 17.4 Å². The van der Waals surface area contributed by atoms with Crippen molar-refractivity contribution in [3.8, 4) is 5.75 Å². The van der Waals surface area contributed by atoms with Gasteiger partial charge in [-0.3, -0.25) is 4.21 Å². The van der Waals surface area contributed by atoms with Gasteiger partial charge in [-0.25, -0.2) is 0 Å². The van der Waals surface area contributed by atoms with Crippen LogP contribution in [0.4, 0.5) is 8.78 Å². The van der Waals surface area contributed by atoms with Crippen molar-refractivity contribution in [2.75, 3.05) is 12.8 Å². The molecule has 0 spiro atoms. The van der Waals surface area contributed by atoms with Gasteiger partial charge in [0.25, 0.3) is 0 Å². The second-order valence-electron chi connectivity index (χ2n) is 4.72. The molecule has 1 rings (SSSR count). The monoisotopic (exact) mass is 305 g/mol. The van der Waals surface area contributed by atoms with Crippen LogP contribution in [0, 0.1) is 0 Å². The molecule has 1 aromatic carbocycles. The third-order valence-electron chi connectivity index (χ3n) is 3.17. The first-order valence-corrected chi connectivity index (χ1v) is 8.12. The van der Waals surface area contributed by atoms with E-state index in [1.165, 1.54) is 12.1 Å². The first-order valence-electron chi connectivity index (χ1n) is 6.50. The third-order valence-corrected chi connectivity index (χ3v) is 4.54. The van der Waals surface area contributed by atoms with Crippen LogP contribution in [-0.4, -0.2) is 28.9 Å². The lowest BCUT2D eigenvalue weighted by Crippen LogP contribution is -2.24. The van der Waals surface area contributed by atoms with E-state index in [1.807, 2.05) is 13.8 Å². The number of benzene rings is 1. The van der Waals surface area contributed by atoms with Crippen molar-refractivity contribution in [1.82, 2.24) is 5.32 Å². The van der Waals surface area contributed by atoms with Crippen LogP contribution in [0.15, 0.2) is 24.3 Å². The van der Waals surface area contributed by atoms with Gasteiger partial charge in [-0.2, -0.15) is 8.78 Å². The van der Waals surface area contributed by atoms with Crippen molar-refractivity contribution >= 4 is 10.8 Å². The molecular formula is C14H21F2NO2S. The minimum atomic E-state index is -2.80. The summed E-state index contributed by atoms with van der Waals surface area (Å²) in [5.74, 6) is 0.158. The minimum absolute atomic E-state index is 0.105. The van der Waals surface area contributed by atoms with E-state index in [9.17, 15) is 13.0 Å². The van der Waals surface area contributed by atoms with Gasteiger partial charge in [-0.15, -0.1) is 0 Å². The topological polar surface area (TPSA) is 38.3 Å². The highest BCUT2D eigenvalue weighted by Crippen LogP contribution is 2.19. The SMILES string of the molecule is CC(NCCC(C)S(C)=O)c1ccc(OC(F)F)cc1. The molecule has 0 saturated heterocycles. The van der Waals surface area contributed by atoms with Gasteiger partial charge in [0.1, 0.15) is 5.75 Å². The molecule has 0 aliphatic heterocycles. The van der Waals surface area contributed by atoms with Gasteiger partial charge in [-0.1, -0.05) is 19.1 Å². The van der Waals surface area contributed by atoms with Gasteiger partial charge < -0.3 is 10.1 Å². The summed E-state index contributed by atoms with van der Waals surface area (Å²) < 4.78 is 39.6. The van der Waals surface area contributed by atoms with Crippen molar-refractivity contribution in [3.63, 3.8) is 0 Å². The second kappa shape index (κ2) is 8.32. The smallest absolute Gasteiger partial charge is 0.387 e. The summed E-state index contributed by atoms with van der Waals surface area (Å²) >= 11 is 0. The predicted molar refractivity (Wildman–Crippen MR) is 77.6 cm³/mol. The molecule has 3 atom stereocenters. The molecule has 0 radical (unpaired) electrons. The van der Waals surface area contributed by atoms with Gasteiger partial charge in [-0.05, 0) is 37.6 Å². The second-order valence-corrected chi connectivity index (χ2v) is 6.52. The molecule has 114 valence electrons. The molecule has 0 saturated carbocycles. The van der Waals surface area contributed by atoms with E-state index in [0.29, 0.717) is 0 Å². The Kier molecular flexibility index (Phi) is 7.09. The lowest BCUT2D eigenvalue weighted by atomic mass is 10.1. The Morgan fingerprint density at radius 1 is 1.25 bits per heavy atom. The summed E-state index contributed by atoms with van der Waals surface area (Å²) in [6, 6.07) is 6.69. The number of hydrogen-bond donors (Lipinski definition) is 1. The Labute approximate surface area is 121 Å². The number of hydrogen-bond acceptors (Lipinski definition) is 3. The van der Waals surface area contributed by atoms with Crippen molar-refractivity contribution in [1.29, 1.82) is 0 Å². The molecule has 0 fully saturated rings. The zero-order chi connectivity index (χ0) is 15.1. The molecule has 0 aromatic heterocycles. The number of alkyl halides is 2. The number of halogens is 2. The summed E-state index contributed by atoms with van der Waals surface area (Å²) in [5, 5.41) is 3.48. The molecule has 0 aliphatic rings. The fraction of sp³-hybridized carbons (Fsp3) is 0.571. The quantitative estimate of drug-likeness (QED) is 0.802. The predicted octanol–water partition coefficient (Wildman–Crippen LogP) is 3.10. The molecular weight excluding hydrogens is 284 g/mol. The summed E-state index contributed by atoms with van der Waals surface area (Å²) in [7, 11) is -0.806. The van der Waals surface area contributed by atoms with Crippen molar-refractivity contribution < 1.29 is 17.7 Å². The average Bonchev–Trinajstić information content (AvgIpc) is 2.38. The summed E-state index contributed by atoms with van der Waals surface area (Å²) in [6.07, 6.45) is 2.54. The van der Waals surface area contributed by atoms with Crippen LogP contribution in [0.2, 0.25) is 0 Å². The van der Waals surface area contributed by atoms with Crippen LogP contribution >= 0.6 is 0 Å². The first kappa shape index (κ1) is 17.0. The highest BCUT2D eigenvalue weighted by molar-refractivity contribution is 7.84.